The van der Waals surface area contributed by atoms with E-state index < -0.39 is 21.5 Å². The molecule has 0 saturated carbocycles. The molecule has 0 aromatic heterocycles. The average Bonchev–Trinajstić information content (AvgIpc) is 2.36. The molecular formula is C13H11BrF2N2O2S. The third kappa shape index (κ3) is 3.51. The quantitative estimate of drug-likeness (QED) is 0.635. The smallest absolute Gasteiger partial charge is 0.175 e. The lowest BCUT2D eigenvalue weighted by Gasteiger charge is -2.12. The number of hydrogen-bond donors (Lipinski definition) is 2. The maximum atomic E-state index is 13.7. The van der Waals surface area contributed by atoms with Gasteiger partial charge in [-0.2, -0.15) is 0 Å². The summed E-state index contributed by atoms with van der Waals surface area (Å²) in [6.07, 6.45) is 1.06. The number of nitrogens with one attached hydrogen (secondary N) is 1. The average molecular weight is 377 g/mol. The molecular weight excluding hydrogens is 366 g/mol. The molecule has 112 valence electrons. The first kappa shape index (κ1) is 15.7. The van der Waals surface area contributed by atoms with Crippen LogP contribution in [0.15, 0.2) is 39.7 Å². The molecule has 0 aliphatic carbocycles. The van der Waals surface area contributed by atoms with Gasteiger partial charge in [-0.25, -0.2) is 17.2 Å². The number of benzene rings is 2. The van der Waals surface area contributed by atoms with Gasteiger partial charge >= 0.3 is 0 Å². The Bertz CT molecular complexity index is 810. The van der Waals surface area contributed by atoms with Crippen molar-refractivity contribution in [3.05, 3.63) is 46.4 Å². The molecule has 0 spiro atoms. The highest BCUT2D eigenvalue weighted by atomic mass is 79.9. The zero-order valence-electron chi connectivity index (χ0n) is 10.8. The third-order valence-electron chi connectivity index (χ3n) is 2.73. The van der Waals surface area contributed by atoms with Crippen LogP contribution in [0.25, 0.3) is 0 Å². The second-order valence-corrected chi connectivity index (χ2v) is 7.26. The van der Waals surface area contributed by atoms with Crippen LogP contribution in [0.2, 0.25) is 0 Å². The van der Waals surface area contributed by atoms with E-state index in [1.54, 1.807) is 0 Å². The molecule has 4 nitrogen and oxygen atoms in total. The summed E-state index contributed by atoms with van der Waals surface area (Å²) in [5.74, 6) is -1.51. The summed E-state index contributed by atoms with van der Waals surface area (Å²) in [4.78, 5) is 0.0614. The summed E-state index contributed by atoms with van der Waals surface area (Å²) in [6.45, 7) is 0. The van der Waals surface area contributed by atoms with Crippen molar-refractivity contribution in [1.82, 2.24) is 0 Å². The van der Waals surface area contributed by atoms with Crippen molar-refractivity contribution in [2.45, 2.75) is 4.90 Å². The number of anilines is 3. The molecule has 0 fully saturated rings. The summed E-state index contributed by atoms with van der Waals surface area (Å²) >= 11 is 2.96. The third-order valence-corrected chi connectivity index (χ3v) is 4.45. The molecule has 0 amide bonds. The zero-order valence-corrected chi connectivity index (χ0v) is 13.2. The molecule has 0 heterocycles. The van der Waals surface area contributed by atoms with E-state index >= 15 is 0 Å². The predicted molar refractivity (Wildman–Crippen MR) is 81.3 cm³/mol. The van der Waals surface area contributed by atoms with E-state index in [9.17, 15) is 17.2 Å². The first-order chi connectivity index (χ1) is 9.68. The van der Waals surface area contributed by atoms with Crippen LogP contribution < -0.4 is 11.1 Å². The fourth-order valence-electron chi connectivity index (χ4n) is 1.65. The maximum absolute atomic E-state index is 13.7. The fraction of sp³-hybridized carbons (Fsp3) is 0.0769. The topological polar surface area (TPSA) is 72.2 Å². The van der Waals surface area contributed by atoms with Crippen molar-refractivity contribution in [3.8, 4) is 0 Å². The van der Waals surface area contributed by atoms with Gasteiger partial charge in [-0.05, 0) is 40.2 Å². The number of halogens is 3. The number of nitrogens with two attached hydrogens (primary N) is 1. The van der Waals surface area contributed by atoms with E-state index in [2.05, 4.69) is 21.2 Å². The lowest BCUT2D eigenvalue weighted by atomic mass is 10.2. The Hall–Kier alpha value is -1.67. The molecule has 0 unspecified atom stereocenters. The van der Waals surface area contributed by atoms with Crippen LogP contribution in [-0.2, 0) is 9.84 Å². The standard InChI is InChI=1S/C13H11BrF2N2O2S/c1-21(19,20)7-2-3-12(11(17)4-7)18-13-5-8(14)9(15)6-10(13)16/h2-6,18H,17H2,1H3. The highest BCUT2D eigenvalue weighted by Gasteiger charge is 2.12. The number of nitrogen functional groups attached to an aromatic ring is 1. The minimum atomic E-state index is -3.37. The van der Waals surface area contributed by atoms with Crippen molar-refractivity contribution >= 4 is 42.8 Å². The Labute approximate surface area is 129 Å². The zero-order chi connectivity index (χ0) is 15.8. The van der Waals surface area contributed by atoms with Gasteiger partial charge in [-0.3, -0.25) is 0 Å². The molecule has 0 aliphatic rings. The van der Waals surface area contributed by atoms with Gasteiger partial charge in [-0.15, -0.1) is 0 Å². The van der Waals surface area contributed by atoms with Crippen molar-refractivity contribution in [2.75, 3.05) is 17.3 Å². The highest BCUT2D eigenvalue weighted by molar-refractivity contribution is 9.10. The molecule has 21 heavy (non-hydrogen) atoms. The second-order valence-electron chi connectivity index (χ2n) is 4.39. The maximum Gasteiger partial charge on any atom is 0.175 e. The number of rotatable bonds is 3. The predicted octanol–water partition coefficient (Wildman–Crippen LogP) is 3.46. The van der Waals surface area contributed by atoms with Crippen LogP contribution >= 0.6 is 15.9 Å². The van der Waals surface area contributed by atoms with Crippen LogP contribution in [0.5, 0.6) is 0 Å². The van der Waals surface area contributed by atoms with Gasteiger partial charge in [-0.1, -0.05) is 0 Å². The lowest BCUT2D eigenvalue weighted by Crippen LogP contribution is -2.02. The van der Waals surface area contributed by atoms with Crippen LogP contribution in [-0.4, -0.2) is 14.7 Å². The van der Waals surface area contributed by atoms with Crippen LogP contribution in [0.4, 0.5) is 25.8 Å². The van der Waals surface area contributed by atoms with Crippen molar-refractivity contribution in [3.63, 3.8) is 0 Å². The normalized spacial score (nSPS) is 11.4. The largest absolute Gasteiger partial charge is 0.397 e. The second kappa shape index (κ2) is 5.61. The van der Waals surface area contributed by atoms with Crippen LogP contribution in [0.1, 0.15) is 0 Å². The monoisotopic (exact) mass is 376 g/mol. The Morgan fingerprint density at radius 1 is 1.10 bits per heavy atom. The molecule has 0 saturated heterocycles. The van der Waals surface area contributed by atoms with Crippen LogP contribution in [0, 0.1) is 11.6 Å². The first-order valence-electron chi connectivity index (χ1n) is 5.69. The number of hydrogen-bond acceptors (Lipinski definition) is 4. The molecule has 2 rings (SSSR count). The Kier molecular flexibility index (Phi) is 4.20. The fourth-order valence-corrected chi connectivity index (χ4v) is 2.65. The molecule has 0 radical (unpaired) electrons. The molecule has 0 bridgehead atoms. The molecule has 8 heteroatoms. The van der Waals surface area contributed by atoms with Gasteiger partial charge in [0.05, 0.1) is 26.4 Å². The molecule has 2 aromatic carbocycles. The minimum Gasteiger partial charge on any atom is -0.397 e. The first-order valence-corrected chi connectivity index (χ1v) is 8.38. The minimum absolute atomic E-state index is 0.0158. The van der Waals surface area contributed by atoms with Crippen molar-refractivity contribution in [1.29, 1.82) is 0 Å². The molecule has 0 aliphatic heterocycles. The van der Waals surface area contributed by atoms with E-state index in [0.29, 0.717) is 5.69 Å². The van der Waals surface area contributed by atoms with Gasteiger partial charge in [0.15, 0.2) is 9.84 Å². The summed E-state index contributed by atoms with van der Waals surface area (Å²) in [7, 11) is -3.37. The van der Waals surface area contributed by atoms with E-state index in [0.717, 1.165) is 12.3 Å². The summed E-state index contributed by atoms with van der Waals surface area (Å²) < 4.78 is 49.7. The summed E-state index contributed by atoms with van der Waals surface area (Å²) in [5.41, 5.74) is 6.22. The highest BCUT2D eigenvalue weighted by Crippen LogP contribution is 2.30. The molecule has 2 aromatic rings. The van der Waals surface area contributed by atoms with Gasteiger partial charge in [0, 0.05) is 12.3 Å². The van der Waals surface area contributed by atoms with Crippen molar-refractivity contribution in [2.24, 2.45) is 0 Å². The van der Waals surface area contributed by atoms with E-state index in [1.807, 2.05) is 0 Å². The van der Waals surface area contributed by atoms with Gasteiger partial charge in [0.1, 0.15) is 11.6 Å². The van der Waals surface area contributed by atoms with Gasteiger partial charge in [0.2, 0.25) is 0 Å². The summed E-state index contributed by atoms with van der Waals surface area (Å²) in [6, 6.07) is 6.00. The summed E-state index contributed by atoms with van der Waals surface area (Å²) in [5, 5.41) is 2.70. The Morgan fingerprint density at radius 2 is 1.76 bits per heavy atom. The van der Waals surface area contributed by atoms with E-state index in [-0.39, 0.29) is 20.7 Å². The van der Waals surface area contributed by atoms with Crippen LogP contribution in [0.3, 0.4) is 0 Å². The Balaban J connectivity index is 2.39. The van der Waals surface area contributed by atoms with E-state index in [4.69, 9.17) is 5.73 Å². The van der Waals surface area contributed by atoms with Gasteiger partial charge < -0.3 is 11.1 Å². The van der Waals surface area contributed by atoms with Gasteiger partial charge in [0.25, 0.3) is 0 Å². The molecule has 3 N–H and O–H groups in total. The lowest BCUT2D eigenvalue weighted by molar-refractivity contribution is 0.581. The number of sulfone groups is 1. The van der Waals surface area contributed by atoms with E-state index in [1.165, 1.54) is 24.3 Å². The van der Waals surface area contributed by atoms with Crippen molar-refractivity contribution < 1.29 is 17.2 Å². The SMILES string of the molecule is CS(=O)(=O)c1ccc(Nc2cc(Br)c(F)cc2F)c(N)c1. The molecule has 0 atom stereocenters. The Morgan fingerprint density at radius 3 is 2.33 bits per heavy atom.